The summed E-state index contributed by atoms with van der Waals surface area (Å²) in [4.78, 5) is 14.5. The number of rotatable bonds is 6. The second-order valence-electron chi connectivity index (χ2n) is 3.20. The molecular weight excluding hydrogens is 198 g/mol. The number of nitrogens with zero attached hydrogens (tertiary/aromatic N) is 2. The number of anilines is 1. The Bertz CT molecular complexity index is 324. The van der Waals surface area contributed by atoms with E-state index in [0.717, 1.165) is 0 Å². The van der Waals surface area contributed by atoms with E-state index in [9.17, 15) is 4.79 Å². The summed E-state index contributed by atoms with van der Waals surface area (Å²) < 4.78 is 6.83. The molecule has 0 aliphatic rings. The Hall–Kier alpha value is -1.56. The number of carboxylic acids is 1. The van der Waals surface area contributed by atoms with Crippen LogP contribution in [-0.2, 0) is 16.6 Å². The zero-order valence-electron chi connectivity index (χ0n) is 8.80. The van der Waals surface area contributed by atoms with Crippen molar-refractivity contribution < 1.29 is 14.6 Å². The third-order valence-electron chi connectivity index (χ3n) is 2.04. The van der Waals surface area contributed by atoms with Crippen LogP contribution in [0.15, 0.2) is 12.4 Å². The summed E-state index contributed by atoms with van der Waals surface area (Å²) in [5.74, 6) is -0.175. The molecule has 0 bridgehead atoms. The predicted molar refractivity (Wildman–Crippen MR) is 54.7 cm³/mol. The van der Waals surface area contributed by atoms with Gasteiger partial charge in [0.15, 0.2) is 0 Å². The second-order valence-corrected chi connectivity index (χ2v) is 3.20. The molecule has 1 aromatic rings. The number of nitrogens with one attached hydrogen (secondary N) is 1. The summed E-state index contributed by atoms with van der Waals surface area (Å²) in [6, 6.07) is 0. The molecule has 1 atom stereocenters. The SMILES string of the molecule is COC(CNc1nccn1C)CC(=O)O. The molecule has 0 aliphatic heterocycles. The van der Waals surface area contributed by atoms with E-state index in [0.29, 0.717) is 12.5 Å². The van der Waals surface area contributed by atoms with Gasteiger partial charge >= 0.3 is 5.97 Å². The number of carbonyl (C=O) groups is 1. The molecule has 1 unspecified atom stereocenters. The van der Waals surface area contributed by atoms with Gasteiger partial charge in [-0.2, -0.15) is 0 Å². The number of imidazole rings is 1. The van der Waals surface area contributed by atoms with Gasteiger partial charge in [0.1, 0.15) is 0 Å². The molecule has 84 valence electrons. The Labute approximate surface area is 87.9 Å². The molecule has 1 heterocycles. The van der Waals surface area contributed by atoms with Crippen LogP contribution in [-0.4, -0.2) is 40.4 Å². The minimum absolute atomic E-state index is 0.0199. The highest BCUT2D eigenvalue weighted by Crippen LogP contribution is 2.03. The van der Waals surface area contributed by atoms with Gasteiger partial charge in [0.2, 0.25) is 5.95 Å². The largest absolute Gasteiger partial charge is 0.481 e. The molecular formula is C9H15N3O3. The van der Waals surface area contributed by atoms with Gasteiger partial charge in [0, 0.05) is 33.1 Å². The lowest BCUT2D eigenvalue weighted by Crippen LogP contribution is -2.25. The van der Waals surface area contributed by atoms with Gasteiger partial charge in [-0.05, 0) is 0 Å². The van der Waals surface area contributed by atoms with Gasteiger partial charge in [-0.3, -0.25) is 4.79 Å². The van der Waals surface area contributed by atoms with Gasteiger partial charge in [-0.15, -0.1) is 0 Å². The number of aryl methyl sites for hydroxylation is 1. The van der Waals surface area contributed by atoms with Gasteiger partial charge in [0.05, 0.1) is 12.5 Å². The third-order valence-corrected chi connectivity index (χ3v) is 2.04. The number of ether oxygens (including phenoxy) is 1. The first-order valence-corrected chi connectivity index (χ1v) is 4.59. The lowest BCUT2D eigenvalue weighted by molar-refractivity contribution is -0.139. The molecule has 0 radical (unpaired) electrons. The minimum Gasteiger partial charge on any atom is -0.481 e. The summed E-state index contributed by atoms with van der Waals surface area (Å²) in [6.45, 7) is 0.424. The van der Waals surface area contributed by atoms with Crippen molar-refractivity contribution in [2.24, 2.45) is 7.05 Å². The van der Waals surface area contributed by atoms with Crippen LogP contribution in [0.2, 0.25) is 0 Å². The third kappa shape index (κ3) is 3.59. The number of carboxylic acid groups (broad SMARTS) is 1. The van der Waals surface area contributed by atoms with Crippen molar-refractivity contribution in [3.8, 4) is 0 Å². The van der Waals surface area contributed by atoms with E-state index in [1.807, 2.05) is 11.6 Å². The Morgan fingerprint density at radius 2 is 2.53 bits per heavy atom. The van der Waals surface area contributed by atoms with Crippen LogP contribution in [0.1, 0.15) is 6.42 Å². The van der Waals surface area contributed by atoms with Crippen molar-refractivity contribution in [1.29, 1.82) is 0 Å². The Morgan fingerprint density at radius 3 is 3.00 bits per heavy atom. The maximum atomic E-state index is 10.5. The van der Waals surface area contributed by atoms with Crippen molar-refractivity contribution in [2.45, 2.75) is 12.5 Å². The van der Waals surface area contributed by atoms with Crippen LogP contribution in [0.3, 0.4) is 0 Å². The molecule has 0 spiro atoms. The minimum atomic E-state index is -0.872. The van der Waals surface area contributed by atoms with Crippen molar-refractivity contribution in [3.05, 3.63) is 12.4 Å². The van der Waals surface area contributed by atoms with Gasteiger partial charge in [0.25, 0.3) is 0 Å². The maximum Gasteiger partial charge on any atom is 0.306 e. The van der Waals surface area contributed by atoms with Crippen molar-refractivity contribution in [1.82, 2.24) is 9.55 Å². The molecule has 0 amide bonds. The van der Waals surface area contributed by atoms with Crippen LogP contribution in [0.25, 0.3) is 0 Å². The van der Waals surface area contributed by atoms with Crippen LogP contribution in [0, 0.1) is 0 Å². The van der Waals surface area contributed by atoms with Crippen LogP contribution in [0.5, 0.6) is 0 Å². The summed E-state index contributed by atoms with van der Waals surface area (Å²) in [5.41, 5.74) is 0. The molecule has 0 fully saturated rings. The number of aromatic nitrogens is 2. The summed E-state index contributed by atoms with van der Waals surface area (Å²) in [6.07, 6.45) is 3.11. The highest BCUT2D eigenvalue weighted by Gasteiger charge is 2.12. The maximum absolute atomic E-state index is 10.5. The zero-order chi connectivity index (χ0) is 11.3. The van der Waals surface area contributed by atoms with Gasteiger partial charge in [-0.25, -0.2) is 4.98 Å². The Morgan fingerprint density at radius 1 is 1.80 bits per heavy atom. The quantitative estimate of drug-likeness (QED) is 0.711. The molecule has 0 saturated heterocycles. The number of aliphatic carboxylic acids is 1. The Kier molecular flexibility index (Phi) is 4.11. The lowest BCUT2D eigenvalue weighted by Gasteiger charge is -2.14. The molecule has 1 rings (SSSR count). The van der Waals surface area contributed by atoms with Crippen LogP contribution >= 0.6 is 0 Å². The monoisotopic (exact) mass is 213 g/mol. The first kappa shape index (κ1) is 11.5. The standard InChI is InChI=1S/C9H15N3O3/c1-12-4-3-10-9(12)11-6-7(15-2)5-8(13)14/h3-4,7H,5-6H2,1-2H3,(H,10,11)(H,13,14). The average molecular weight is 213 g/mol. The smallest absolute Gasteiger partial charge is 0.306 e. The molecule has 0 aromatic carbocycles. The molecule has 0 saturated carbocycles. The van der Waals surface area contributed by atoms with E-state index >= 15 is 0 Å². The fourth-order valence-electron chi connectivity index (χ4n) is 1.17. The van der Waals surface area contributed by atoms with Gasteiger partial charge < -0.3 is 19.7 Å². The number of hydrogen-bond acceptors (Lipinski definition) is 4. The van der Waals surface area contributed by atoms with E-state index in [1.165, 1.54) is 7.11 Å². The molecule has 6 heteroatoms. The highest BCUT2D eigenvalue weighted by molar-refractivity contribution is 5.67. The molecule has 6 nitrogen and oxygen atoms in total. The number of methoxy groups -OCH3 is 1. The van der Waals surface area contributed by atoms with Crippen LogP contribution < -0.4 is 5.32 Å². The van der Waals surface area contributed by atoms with Crippen molar-refractivity contribution in [2.75, 3.05) is 19.0 Å². The van der Waals surface area contributed by atoms with E-state index < -0.39 is 5.97 Å². The van der Waals surface area contributed by atoms with Crippen molar-refractivity contribution in [3.63, 3.8) is 0 Å². The number of hydrogen-bond donors (Lipinski definition) is 2. The van der Waals surface area contributed by atoms with Crippen LogP contribution in [0.4, 0.5) is 5.95 Å². The summed E-state index contributed by atoms with van der Waals surface area (Å²) in [7, 11) is 3.35. The normalized spacial score (nSPS) is 12.4. The topological polar surface area (TPSA) is 76.4 Å². The van der Waals surface area contributed by atoms with E-state index in [-0.39, 0.29) is 12.5 Å². The van der Waals surface area contributed by atoms with E-state index in [2.05, 4.69) is 10.3 Å². The van der Waals surface area contributed by atoms with E-state index in [1.54, 1.807) is 12.4 Å². The predicted octanol–water partition coefficient (Wildman–Crippen LogP) is 0.322. The second kappa shape index (κ2) is 5.35. The Balaban J connectivity index is 2.41. The highest BCUT2D eigenvalue weighted by atomic mass is 16.5. The summed E-state index contributed by atoms with van der Waals surface area (Å²) in [5, 5.41) is 11.6. The fraction of sp³-hybridized carbons (Fsp3) is 0.556. The summed E-state index contributed by atoms with van der Waals surface area (Å²) >= 11 is 0. The average Bonchev–Trinajstić information content (AvgIpc) is 2.58. The molecule has 15 heavy (non-hydrogen) atoms. The van der Waals surface area contributed by atoms with Crippen molar-refractivity contribution >= 4 is 11.9 Å². The fourth-order valence-corrected chi connectivity index (χ4v) is 1.17. The lowest BCUT2D eigenvalue weighted by atomic mass is 10.2. The first-order valence-electron chi connectivity index (χ1n) is 4.59. The van der Waals surface area contributed by atoms with E-state index in [4.69, 9.17) is 9.84 Å². The molecule has 2 N–H and O–H groups in total. The molecule has 0 aliphatic carbocycles. The first-order chi connectivity index (χ1) is 7.13. The van der Waals surface area contributed by atoms with Gasteiger partial charge in [-0.1, -0.05) is 0 Å². The zero-order valence-corrected chi connectivity index (χ0v) is 8.80. The molecule has 1 aromatic heterocycles.